The van der Waals surface area contributed by atoms with Gasteiger partial charge in [0.1, 0.15) is 11.3 Å². The third-order valence-corrected chi connectivity index (χ3v) is 3.35. The van der Waals surface area contributed by atoms with Crippen LogP contribution in [0.15, 0.2) is 41.3 Å². The molecule has 8 heteroatoms. The smallest absolute Gasteiger partial charge is 0.344 e. The number of rotatable bonds is 5. The van der Waals surface area contributed by atoms with Crippen LogP contribution < -0.4 is 15.6 Å². The number of H-pyrrole nitrogens is 1. The average Bonchev–Trinajstić information content (AvgIpc) is 2.55. The number of hydrogen-bond acceptors (Lipinski definition) is 5. The fourth-order valence-corrected chi connectivity index (χ4v) is 2.04. The first kappa shape index (κ1) is 17.6. The highest BCUT2D eigenvalue weighted by Gasteiger charge is 2.21. The number of esters is 1. The highest BCUT2D eigenvalue weighted by molar-refractivity contribution is 6.31. The number of carbonyl (C=O) groups excluding carboxylic acids is 2. The van der Waals surface area contributed by atoms with Gasteiger partial charge in [-0.1, -0.05) is 11.6 Å². The molecule has 0 bridgehead atoms. The molecule has 2 aromatic rings. The first-order valence-corrected chi connectivity index (χ1v) is 7.33. The number of aromatic amines is 1. The summed E-state index contributed by atoms with van der Waals surface area (Å²) in [6, 6.07) is 7.51. The van der Waals surface area contributed by atoms with Crippen molar-refractivity contribution in [3.05, 3.63) is 57.5 Å². The number of aromatic nitrogens is 1. The number of ether oxygens (including phenoxy) is 2. The first-order chi connectivity index (χ1) is 11.4. The van der Waals surface area contributed by atoms with Crippen LogP contribution in [0.2, 0.25) is 5.02 Å². The van der Waals surface area contributed by atoms with Crippen molar-refractivity contribution in [1.29, 1.82) is 0 Å². The molecule has 24 heavy (non-hydrogen) atoms. The lowest BCUT2D eigenvalue weighted by molar-refractivity contribution is -0.123. The van der Waals surface area contributed by atoms with Crippen LogP contribution in [0.5, 0.6) is 5.75 Å². The molecule has 1 atom stereocenters. The van der Waals surface area contributed by atoms with Crippen LogP contribution in [-0.2, 0) is 9.53 Å². The van der Waals surface area contributed by atoms with Gasteiger partial charge in [-0.15, -0.1) is 0 Å². The maximum Gasteiger partial charge on any atom is 0.344 e. The molecule has 0 saturated heterocycles. The molecule has 1 aromatic heterocycles. The van der Waals surface area contributed by atoms with E-state index < -0.39 is 23.5 Å². The summed E-state index contributed by atoms with van der Waals surface area (Å²) in [7, 11) is 1.45. The standard InChI is InChI=1S/C16H15ClN2O5/c1-9(24-16(22)11-4-3-7-18-15(11)21)14(20)19-12-8-10(17)5-6-13(12)23-2/h3-9H,1-2H3,(H,18,21)(H,19,20)/t9-/m1/s1. The molecule has 0 saturated carbocycles. The van der Waals surface area contributed by atoms with Gasteiger partial charge in [-0.25, -0.2) is 4.79 Å². The van der Waals surface area contributed by atoms with E-state index in [9.17, 15) is 14.4 Å². The summed E-state index contributed by atoms with van der Waals surface area (Å²) in [4.78, 5) is 38.0. The molecule has 0 fully saturated rings. The summed E-state index contributed by atoms with van der Waals surface area (Å²) in [6.45, 7) is 1.39. The molecule has 0 unspecified atom stereocenters. The Bertz CT molecular complexity index is 818. The van der Waals surface area contributed by atoms with E-state index in [4.69, 9.17) is 21.1 Å². The third-order valence-electron chi connectivity index (χ3n) is 3.11. The zero-order valence-electron chi connectivity index (χ0n) is 13.0. The second-order valence-corrected chi connectivity index (χ2v) is 5.23. The van der Waals surface area contributed by atoms with Gasteiger partial charge in [-0.2, -0.15) is 0 Å². The fraction of sp³-hybridized carbons (Fsp3) is 0.188. The Balaban J connectivity index is 2.08. The van der Waals surface area contributed by atoms with Gasteiger partial charge in [-0.3, -0.25) is 9.59 Å². The number of methoxy groups -OCH3 is 1. The van der Waals surface area contributed by atoms with Crippen LogP contribution in [-0.4, -0.2) is 30.1 Å². The summed E-state index contributed by atoms with van der Waals surface area (Å²) < 4.78 is 10.1. The molecular weight excluding hydrogens is 336 g/mol. The van der Waals surface area contributed by atoms with Crippen molar-refractivity contribution in [2.75, 3.05) is 12.4 Å². The van der Waals surface area contributed by atoms with Gasteiger partial charge in [0.15, 0.2) is 6.10 Å². The molecule has 0 radical (unpaired) electrons. The minimum atomic E-state index is -1.12. The van der Waals surface area contributed by atoms with Gasteiger partial charge in [0.05, 0.1) is 12.8 Å². The van der Waals surface area contributed by atoms with E-state index in [1.54, 1.807) is 12.1 Å². The van der Waals surface area contributed by atoms with Crippen LogP contribution in [0.3, 0.4) is 0 Å². The molecule has 1 aromatic carbocycles. The number of amides is 1. The largest absolute Gasteiger partial charge is 0.495 e. The summed E-state index contributed by atoms with van der Waals surface area (Å²) in [5.41, 5.74) is -0.431. The summed E-state index contributed by atoms with van der Waals surface area (Å²) in [5.74, 6) is -1.07. The van der Waals surface area contributed by atoms with Gasteiger partial charge in [-0.05, 0) is 37.3 Å². The van der Waals surface area contributed by atoms with Crippen molar-refractivity contribution >= 4 is 29.2 Å². The first-order valence-electron chi connectivity index (χ1n) is 6.95. The predicted octanol–water partition coefficient (Wildman–Crippen LogP) is 2.22. The van der Waals surface area contributed by atoms with E-state index in [-0.39, 0.29) is 5.56 Å². The molecule has 0 aliphatic rings. The monoisotopic (exact) mass is 350 g/mol. The lowest BCUT2D eigenvalue weighted by atomic mass is 10.2. The zero-order chi connectivity index (χ0) is 17.7. The van der Waals surface area contributed by atoms with Crippen molar-refractivity contribution < 1.29 is 19.1 Å². The lowest BCUT2D eigenvalue weighted by Crippen LogP contribution is -2.31. The number of pyridine rings is 1. The summed E-state index contributed by atoms with van der Waals surface area (Å²) in [6.07, 6.45) is 0.265. The molecular formula is C16H15ClN2O5. The van der Waals surface area contributed by atoms with E-state index in [0.29, 0.717) is 16.5 Å². The Morgan fingerprint density at radius 1 is 1.29 bits per heavy atom. The normalized spacial score (nSPS) is 11.5. The third kappa shape index (κ3) is 4.14. The van der Waals surface area contributed by atoms with Crippen molar-refractivity contribution in [2.24, 2.45) is 0 Å². The minimum absolute atomic E-state index is 0.183. The Morgan fingerprint density at radius 3 is 2.71 bits per heavy atom. The van der Waals surface area contributed by atoms with Crippen molar-refractivity contribution in [2.45, 2.75) is 13.0 Å². The van der Waals surface area contributed by atoms with E-state index in [1.807, 2.05) is 0 Å². The van der Waals surface area contributed by atoms with Crippen LogP contribution in [0.25, 0.3) is 0 Å². The van der Waals surface area contributed by atoms with Gasteiger partial charge in [0.25, 0.3) is 11.5 Å². The molecule has 126 valence electrons. The Hall–Kier alpha value is -2.80. The molecule has 2 rings (SSSR count). The fourth-order valence-electron chi connectivity index (χ4n) is 1.87. The minimum Gasteiger partial charge on any atom is -0.495 e. The SMILES string of the molecule is COc1ccc(Cl)cc1NC(=O)[C@@H](C)OC(=O)c1ccc[nH]c1=O. The summed E-state index contributed by atoms with van der Waals surface area (Å²) in [5, 5.41) is 2.97. The Labute approximate surface area is 142 Å². The number of anilines is 1. The number of benzene rings is 1. The molecule has 2 N–H and O–H groups in total. The number of halogens is 1. The maximum atomic E-state index is 12.2. The van der Waals surface area contributed by atoms with Crippen LogP contribution in [0, 0.1) is 0 Å². The van der Waals surface area contributed by atoms with Crippen molar-refractivity contribution in [1.82, 2.24) is 4.98 Å². The van der Waals surface area contributed by atoms with Gasteiger partial charge in [0, 0.05) is 11.2 Å². The topological polar surface area (TPSA) is 97.5 Å². The number of nitrogens with one attached hydrogen (secondary N) is 2. The second-order valence-electron chi connectivity index (χ2n) is 4.79. The molecule has 7 nitrogen and oxygen atoms in total. The Morgan fingerprint density at radius 2 is 2.04 bits per heavy atom. The second kappa shape index (κ2) is 7.65. The lowest BCUT2D eigenvalue weighted by Gasteiger charge is -2.15. The molecule has 1 amide bonds. The molecule has 0 aliphatic heterocycles. The number of carbonyl (C=O) groups is 2. The highest BCUT2D eigenvalue weighted by atomic mass is 35.5. The molecule has 0 aliphatic carbocycles. The van der Waals surface area contributed by atoms with Crippen LogP contribution in [0.1, 0.15) is 17.3 Å². The van der Waals surface area contributed by atoms with Crippen molar-refractivity contribution in [3.8, 4) is 5.75 Å². The van der Waals surface area contributed by atoms with E-state index in [2.05, 4.69) is 10.3 Å². The predicted molar refractivity (Wildman–Crippen MR) is 88.6 cm³/mol. The Kier molecular flexibility index (Phi) is 5.59. The maximum absolute atomic E-state index is 12.2. The number of hydrogen-bond donors (Lipinski definition) is 2. The molecule has 0 spiro atoms. The van der Waals surface area contributed by atoms with E-state index in [1.165, 1.54) is 38.4 Å². The van der Waals surface area contributed by atoms with Crippen LogP contribution >= 0.6 is 11.6 Å². The zero-order valence-corrected chi connectivity index (χ0v) is 13.7. The van der Waals surface area contributed by atoms with Crippen LogP contribution in [0.4, 0.5) is 5.69 Å². The quantitative estimate of drug-likeness (QED) is 0.806. The average molecular weight is 351 g/mol. The van der Waals surface area contributed by atoms with Gasteiger partial charge in [0.2, 0.25) is 0 Å². The molecule has 1 heterocycles. The van der Waals surface area contributed by atoms with Gasteiger partial charge < -0.3 is 19.8 Å². The van der Waals surface area contributed by atoms with Gasteiger partial charge >= 0.3 is 5.97 Å². The summed E-state index contributed by atoms with van der Waals surface area (Å²) >= 11 is 5.89. The highest BCUT2D eigenvalue weighted by Crippen LogP contribution is 2.27. The van der Waals surface area contributed by atoms with E-state index in [0.717, 1.165) is 0 Å². The van der Waals surface area contributed by atoms with Crippen molar-refractivity contribution in [3.63, 3.8) is 0 Å². The van der Waals surface area contributed by atoms with E-state index >= 15 is 0 Å².